The van der Waals surface area contributed by atoms with Gasteiger partial charge in [0.25, 0.3) is 0 Å². The normalized spacial score (nSPS) is 11.3. The lowest BCUT2D eigenvalue weighted by molar-refractivity contribution is 0.0526. The number of carbonyl (C=O) groups excluding carboxylic acids is 2. The van der Waals surface area contributed by atoms with Crippen molar-refractivity contribution in [2.24, 2.45) is 0 Å². The molecule has 3 aromatic rings. The van der Waals surface area contributed by atoms with E-state index in [1.165, 1.54) is 7.11 Å². The zero-order valence-electron chi connectivity index (χ0n) is 17.6. The zero-order chi connectivity index (χ0) is 21.7. The number of carbonyl (C=O) groups is 2. The number of fused-ring (bicyclic) bond motifs is 3. The Bertz CT molecular complexity index is 1080. The molecule has 0 spiro atoms. The molecule has 0 unspecified atom stereocenters. The molecule has 8 nitrogen and oxygen atoms in total. The molecule has 3 rings (SSSR count). The predicted molar refractivity (Wildman–Crippen MR) is 116 cm³/mol. The molecular weight excluding hydrogens is 384 g/mol. The van der Waals surface area contributed by atoms with Gasteiger partial charge in [-0.1, -0.05) is 6.07 Å². The third kappa shape index (κ3) is 5.14. The van der Waals surface area contributed by atoms with Crippen molar-refractivity contribution in [3.8, 4) is 0 Å². The van der Waals surface area contributed by atoms with Gasteiger partial charge < -0.3 is 20.1 Å². The number of benzene rings is 1. The molecule has 0 aliphatic rings. The Hall–Kier alpha value is -3.42. The first-order valence-electron chi connectivity index (χ1n) is 9.75. The van der Waals surface area contributed by atoms with E-state index < -0.39 is 17.7 Å². The summed E-state index contributed by atoms with van der Waals surface area (Å²) in [6.07, 6.45) is 3.76. The summed E-state index contributed by atoms with van der Waals surface area (Å²) in [5.74, 6) is 0.284. The Morgan fingerprint density at radius 1 is 1.07 bits per heavy atom. The van der Waals surface area contributed by atoms with Gasteiger partial charge in [0.1, 0.15) is 11.4 Å². The van der Waals surface area contributed by atoms with Crippen molar-refractivity contribution in [3.63, 3.8) is 0 Å². The highest BCUT2D eigenvalue weighted by atomic mass is 16.6. The maximum Gasteiger partial charge on any atom is 0.407 e. The zero-order valence-corrected chi connectivity index (χ0v) is 17.6. The first kappa shape index (κ1) is 21.3. The van der Waals surface area contributed by atoms with Crippen LogP contribution in [0, 0.1) is 0 Å². The monoisotopic (exact) mass is 410 g/mol. The molecule has 8 heteroatoms. The topological polar surface area (TPSA) is 102 Å². The second-order valence-corrected chi connectivity index (χ2v) is 7.81. The van der Waals surface area contributed by atoms with Crippen LogP contribution in [0.5, 0.6) is 0 Å². The Balaban J connectivity index is 1.74. The van der Waals surface area contributed by atoms with Crippen molar-refractivity contribution in [2.75, 3.05) is 25.5 Å². The van der Waals surface area contributed by atoms with E-state index in [9.17, 15) is 9.59 Å². The minimum atomic E-state index is -0.520. The van der Waals surface area contributed by atoms with E-state index in [-0.39, 0.29) is 0 Å². The van der Waals surface area contributed by atoms with Crippen LogP contribution in [-0.2, 0) is 9.47 Å². The summed E-state index contributed by atoms with van der Waals surface area (Å²) in [4.78, 5) is 32.5. The molecule has 2 heterocycles. The van der Waals surface area contributed by atoms with Gasteiger partial charge in [0, 0.05) is 41.6 Å². The smallest absolute Gasteiger partial charge is 0.407 e. The number of pyridine rings is 2. The Morgan fingerprint density at radius 2 is 1.87 bits per heavy atom. The third-order valence-electron chi connectivity index (χ3n) is 4.33. The van der Waals surface area contributed by atoms with Gasteiger partial charge in [-0.3, -0.25) is 4.98 Å². The van der Waals surface area contributed by atoms with Crippen LogP contribution < -0.4 is 10.6 Å². The Kier molecular flexibility index (Phi) is 6.34. The van der Waals surface area contributed by atoms with Gasteiger partial charge in [0.05, 0.1) is 18.2 Å². The molecule has 0 aliphatic heterocycles. The number of rotatable bonds is 6. The molecule has 0 atom stereocenters. The third-order valence-corrected chi connectivity index (χ3v) is 4.33. The lowest BCUT2D eigenvalue weighted by Gasteiger charge is -2.19. The maximum atomic E-state index is 11.9. The van der Waals surface area contributed by atoms with Crippen LogP contribution in [0.4, 0.5) is 10.6 Å². The number of esters is 1. The minimum Gasteiger partial charge on any atom is -0.465 e. The number of anilines is 1. The number of alkyl carbamates (subject to hydrolysis) is 1. The Labute approximate surface area is 175 Å². The summed E-state index contributed by atoms with van der Waals surface area (Å²) in [6.45, 7) is 6.55. The number of methoxy groups -OCH3 is 1. The summed E-state index contributed by atoms with van der Waals surface area (Å²) in [5, 5.41) is 8.83. The van der Waals surface area contributed by atoms with E-state index in [4.69, 9.17) is 14.5 Å². The second-order valence-electron chi connectivity index (χ2n) is 7.81. The van der Waals surface area contributed by atoms with Gasteiger partial charge in [-0.2, -0.15) is 0 Å². The molecule has 1 aromatic carbocycles. The Morgan fingerprint density at radius 3 is 2.60 bits per heavy atom. The van der Waals surface area contributed by atoms with E-state index >= 15 is 0 Å². The fourth-order valence-electron chi connectivity index (χ4n) is 3.03. The minimum absolute atomic E-state index is 0.410. The molecule has 1 amide bonds. The fraction of sp³-hybridized carbons (Fsp3) is 0.364. The van der Waals surface area contributed by atoms with Crippen LogP contribution in [0.3, 0.4) is 0 Å². The number of amides is 1. The highest BCUT2D eigenvalue weighted by Crippen LogP contribution is 2.29. The average molecular weight is 410 g/mol. The highest BCUT2D eigenvalue weighted by Gasteiger charge is 2.15. The molecule has 30 heavy (non-hydrogen) atoms. The van der Waals surface area contributed by atoms with Crippen molar-refractivity contribution in [1.82, 2.24) is 15.3 Å². The number of nitrogens with one attached hydrogen (secondary N) is 2. The van der Waals surface area contributed by atoms with Gasteiger partial charge in [-0.05, 0) is 45.4 Å². The molecular formula is C22H26N4O4. The summed E-state index contributed by atoms with van der Waals surface area (Å²) in [5.41, 5.74) is 0.592. The summed E-state index contributed by atoms with van der Waals surface area (Å²) < 4.78 is 10.0. The van der Waals surface area contributed by atoms with Gasteiger partial charge in [-0.15, -0.1) is 0 Å². The molecule has 0 saturated heterocycles. The van der Waals surface area contributed by atoms with Gasteiger partial charge >= 0.3 is 12.1 Å². The van der Waals surface area contributed by atoms with Crippen LogP contribution >= 0.6 is 0 Å². The summed E-state index contributed by atoms with van der Waals surface area (Å²) in [6, 6.07) is 7.19. The summed E-state index contributed by atoms with van der Waals surface area (Å²) >= 11 is 0. The quantitative estimate of drug-likeness (QED) is 0.361. The lowest BCUT2D eigenvalue weighted by Crippen LogP contribution is -2.33. The van der Waals surface area contributed by atoms with E-state index in [0.29, 0.717) is 36.4 Å². The number of nitrogens with zero attached hydrogens (tertiary/aromatic N) is 2. The molecule has 2 N–H and O–H groups in total. The van der Waals surface area contributed by atoms with E-state index in [1.54, 1.807) is 24.5 Å². The van der Waals surface area contributed by atoms with E-state index in [1.807, 2.05) is 32.9 Å². The molecule has 0 radical (unpaired) electrons. The number of ether oxygens (including phenoxy) is 2. The van der Waals surface area contributed by atoms with Gasteiger partial charge in [-0.25, -0.2) is 14.6 Å². The average Bonchev–Trinajstić information content (AvgIpc) is 2.71. The first-order valence-corrected chi connectivity index (χ1v) is 9.75. The second kappa shape index (κ2) is 8.94. The number of hydrogen-bond donors (Lipinski definition) is 2. The van der Waals surface area contributed by atoms with Gasteiger partial charge in [0.15, 0.2) is 0 Å². The van der Waals surface area contributed by atoms with Crippen molar-refractivity contribution in [3.05, 3.63) is 42.2 Å². The van der Waals surface area contributed by atoms with Crippen molar-refractivity contribution >= 4 is 39.6 Å². The van der Waals surface area contributed by atoms with E-state index in [2.05, 4.69) is 15.6 Å². The maximum absolute atomic E-state index is 11.9. The fourth-order valence-corrected chi connectivity index (χ4v) is 3.03. The van der Waals surface area contributed by atoms with Crippen molar-refractivity contribution in [1.29, 1.82) is 0 Å². The molecule has 0 aliphatic carbocycles. The van der Waals surface area contributed by atoms with Crippen molar-refractivity contribution in [2.45, 2.75) is 32.8 Å². The molecule has 0 bridgehead atoms. The first-order chi connectivity index (χ1) is 14.3. The lowest BCUT2D eigenvalue weighted by atomic mass is 10.1. The van der Waals surface area contributed by atoms with Crippen LogP contribution in [0.25, 0.3) is 21.7 Å². The van der Waals surface area contributed by atoms with Crippen LogP contribution in [0.1, 0.15) is 37.6 Å². The molecule has 0 fully saturated rings. The molecule has 0 saturated carbocycles. The highest BCUT2D eigenvalue weighted by molar-refractivity contribution is 6.10. The number of aromatic nitrogens is 2. The molecule has 158 valence electrons. The predicted octanol–water partition coefficient (Wildman–Crippen LogP) is 3.90. The number of hydrogen-bond acceptors (Lipinski definition) is 7. The summed E-state index contributed by atoms with van der Waals surface area (Å²) in [7, 11) is 1.35. The van der Waals surface area contributed by atoms with Crippen LogP contribution in [0.15, 0.2) is 36.7 Å². The standard InChI is InChI=1S/C22H26N4O4/c1-22(2,3)30-21(28)25-10-5-9-24-19-16-8-11-23-13-17(16)15-7-6-14(20(27)29-4)12-18(15)26-19/h6-8,11-13H,5,9-10H2,1-4H3,(H,24,26)(H,25,28). The largest absolute Gasteiger partial charge is 0.465 e. The van der Waals surface area contributed by atoms with Crippen molar-refractivity contribution < 1.29 is 19.1 Å². The van der Waals surface area contributed by atoms with Gasteiger partial charge in [0.2, 0.25) is 0 Å². The van der Waals surface area contributed by atoms with Crippen LogP contribution in [-0.4, -0.2) is 47.8 Å². The molecule has 2 aromatic heterocycles. The van der Waals surface area contributed by atoms with E-state index in [0.717, 1.165) is 16.2 Å². The van der Waals surface area contributed by atoms with Crippen LogP contribution in [0.2, 0.25) is 0 Å². The SMILES string of the molecule is COC(=O)c1ccc2c(c1)nc(NCCCNC(=O)OC(C)(C)C)c1ccncc12.